The third-order valence-electron chi connectivity index (χ3n) is 4.07. The van der Waals surface area contributed by atoms with Crippen LogP contribution in [0.5, 0.6) is 5.75 Å². The number of carbonyl (C=O) groups is 3. The van der Waals surface area contributed by atoms with Crippen LogP contribution in [0.1, 0.15) is 26.3 Å². The second-order valence-corrected chi connectivity index (χ2v) is 6.14. The standard InChI is InChI=1S/C22H17FN2O4/c23-17-7-1-15(2-8-17)21(27)16-5-11-19(12-6-16)29-13-20(26)14-3-9-18(10-4-14)25-22(24)28/h1-12H,13H2,(H3,24,25,28). The van der Waals surface area contributed by atoms with Crippen molar-refractivity contribution in [1.82, 2.24) is 0 Å². The van der Waals surface area contributed by atoms with E-state index in [9.17, 15) is 18.8 Å². The number of primary amides is 1. The smallest absolute Gasteiger partial charge is 0.316 e. The Morgan fingerprint density at radius 3 is 1.86 bits per heavy atom. The Bertz CT molecular complexity index is 1030. The van der Waals surface area contributed by atoms with Crippen molar-refractivity contribution in [2.24, 2.45) is 5.73 Å². The molecule has 146 valence electrons. The number of nitrogens with one attached hydrogen (secondary N) is 1. The average Bonchev–Trinajstić information content (AvgIpc) is 2.72. The van der Waals surface area contributed by atoms with E-state index in [4.69, 9.17) is 10.5 Å². The van der Waals surface area contributed by atoms with Crippen molar-refractivity contribution in [3.63, 3.8) is 0 Å². The lowest BCUT2D eigenvalue weighted by atomic mass is 10.0. The van der Waals surface area contributed by atoms with Gasteiger partial charge >= 0.3 is 6.03 Å². The largest absolute Gasteiger partial charge is 0.485 e. The number of hydrogen-bond acceptors (Lipinski definition) is 4. The third-order valence-corrected chi connectivity index (χ3v) is 4.07. The minimum Gasteiger partial charge on any atom is -0.485 e. The molecule has 0 aliphatic rings. The van der Waals surface area contributed by atoms with Crippen LogP contribution in [0.25, 0.3) is 0 Å². The number of hydrogen-bond donors (Lipinski definition) is 2. The van der Waals surface area contributed by atoms with Gasteiger partial charge in [-0.15, -0.1) is 0 Å². The molecule has 0 fully saturated rings. The highest BCUT2D eigenvalue weighted by atomic mass is 19.1. The predicted molar refractivity (Wildman–Crippen MR) is 106 cm³/mol. The maximum Gasteiger partial charge on any atom is 0.316 e. The van der Waals surface area contributed by atoms with Crippen molar-refractivity contribution in [3.8, 4) is 5.75 Å². The Morgan fingerprint density at radius 1 is 0.793 bits per heavy atom. The number of carbonyl (C=O) groups excluding carboxylic acids is 3. The van der Waals surface area contributed by atoms with Gasteiger partial charge in [0.25, 0.3) is 0 Å². The molecule has 3 N–H and O–H groups in total. The number of nitrogens with two attached hydrogens (primary N) is 1. The first-order valence-corrected chi connectivity index (χ1v) is 8.65. The highest BCUT2D eigenvalue weighted by Gasteiger charge is 2.11. The van der Waals surface area contributed by atoms with E-state index in [2.05, 4.69) is 5.32 Å². The van der Waals surface area contributed by atoms with Gasteiger partial charge in [-0.2, -0.15) is 0 Å². The second kappa shape index (κ2) is 8.79. The molecule has 0 heterocycles. The summed E-state index contributed by atoms with van der Waals surface area (Å²) in [5.74, 6) is -0.464. The van der Waals surface area contributed by atoms with Gasteiger partial charge in [0, 0.05) is 22.4 Å². The number of halogens is 1. The normalized spacial score (nSPS) is 10.2. The molecule has 0 atom stereocenters. The molecule has 0 aliphatic carbocycles. The van der Waals surface area contributed by atoms with Crippen molar-refractivity contribution >= 4 is 23.3 Å². The zero-order valence-electron chi connectivity index (χ0n) is 15.2. The van der Waals surface area contributed by atoms with Gasteiger partial charge < -0.3 is 15.8 Å². The molecule has 6 nitrogen and oxygen atoms in total. The summed E-state index contributed by atoms with van der Waals surface area (Å²) in [4.78, 5) is 35.4. The quantitative estimate of drug-likeness (QED) is 0.598. The van der Waals surface area contributed by atoms with Crippen molar-refractivity contribution < 1.29 is 23.5 Å². The van der Waals surface area contributed by atoms with Crippen LogP contribution in [-0.2, 0) is 0 Å². The Morgan fingerprint density at radius 2 is 1.31 bits per heavy atom. The van der Waals surface area contributed by atoms with Gasteiger partial charge in [0.2, 0.25) is 0 Å². The molecule has 0 bridgehead atoms. The van der Waals surface area contributed by atoms with E-state index in [1.165, 1.54) is 24.3 Å². The van der Waals surface area contributed by atoms with Crippen molar-refractivity contribution in [1.29, 1.82) is 0 Å². The van der Waals surface area contributed by atoms with Crippen molar-refractivity contribution in [2.75, 3.05) is 11.9 Å². The first kappa shape index (κ1) is 19.8. The predicted octanol–water partition coefficient (Wildman–Crippen LogP) is 3.81. The molecular formula is C22H17FN2O4. The summed E-state index contributed by atoms with van der Waals surface area (Å²) in [5.41, 5.74) is 6.73. The van der Waals surface area contributed by atoms with E-state index in [0.29, 0.717) is 28.1 Å². The monoisotopic (exact) mass is 392 g/mol. The molecule has 0 radical (unpaired) electrons. The van der Waals surface area contributed by atoms with Crippen LogP contribution in [0.2, 0.25) is 0 Å². The van der Waals surface area contributed by atoms with E-state index >= 15 is 0 Å². The summed E-state index contributed by atoms with van der Waals surface area (Å²) in [6.45, 7) is -0.187. The fourth-order valence-corrected chi connectivity index (χ4v) is 2.58. The number of anilines is 1. The van der Waals surface area contributed by atoms with Gasteiger partial charge in [0.1, 0.15) is 11.6 Å². The molecule has 0 spiro atoms. The third kappa shape index (κ3) is 5.26. The number of rotatable bonds is 7. The Balaban J connectivity index is 1.58. The molecule has 3 rings (SSSR count). The maximum absolute atomic E-state index is 13.0. The number of benzene rings is 3. The number of urea groups is 1. The summed E-state index contributed by atoms with van der Waals surface area (Å²) in [6, 6.07) is 17.2. The molecule has 0 unspecified atom stereocenters. The first-order chi connectivity index (χ1) is 13.9. The fourth-order valence-electron chi connectivity index (χ4n) is 2.58. The molecule has 3 aromatic rings. The minimum atomic E-state index is -0.686. The SMILES string of the molecule is NC(=O)Nc1ccc(C(=O)COc2ccc(C(=O)c3ccc(F)cc3)cc2)cc1. The summed E-state index contributed by atoms with van der Waals surface area (Å²) in [6.07, 6.45) is 0. The van der Waals surface area contributed by atoms with E-state index < -0.39 is 11.8 Å². The van der Waals surface area contributed by atoms with Gasteiger partial charge in [-0.3, -0.25) is 9.59 Å². The van der Waals surface area contributed by atoms with E-state index in [-0.39, 0.29) is 18.2 Å². The summed E-state index contributed by atoms with van der Waals surface area (Å²) >= 11 is 0. The number of ketones is 2. The van der Waals surface area contributed by atoms with Crippen LogP contribution < -0.4 is 15.8 Å². The zero-order valence-corrected chi connectivity index (χ0v) is 15.2. The number of Topliss-reactive ketones (excluding diaryl/α,β-unsaturated/α-hetero) is 1. The molecule has 0 aromatic heterocycles. The Labute approximate surface area is 166 Å². The lowest BCUT2D eigenvalue weighted by molar-refractivity contribution is 0.0920. The summed E-state index contributed by atoms with van der Waals surface area (Å²) in [5, 5.41) is 2.41. The lowest BCUT2D eigenvalue weighted by Gasteiger charge is -2.08. The highest BCUT2D eigenvalue weighted by molar-refractivity contribution is 6.09. The van der Waals surface area contributed by atoms with E-state index in [1.807, 2.05) is 0 Å². The summed E-state index contributed by atoms with van der Waals surface area (Å²) < 4.78 is 18.4. The second-order valence-electron chi connectivity index (χ2n) is 6.14. The Kier molecular flexibility index (Phi) is 5.99. The van der Waals surface area contributed by atoms with Crippen LogP contribution in [0.3, 0.4) is 0 Å². The van der Waals surface area contributed by atoms with Gasteiger partial charge in [-0.1, -0.05) is 0 Å². The topological polar surface area (TPSA) is 98.5 Å². The van der Waals surface area contributed by atoms with Gasteiger partial charge in [0.05, 0.1) is 0 Å². The molecule has 0 saturated carbocycles. The van der Waals surface area contributed by atoms with Crippen LogP contribution in [-0.4, -0.2) is 24.2 Å². The molecular weight excluding hydrogens is 375 g/mol. The summed E-state index contributed by atoms with van der Waals surface area (Å²) in [7, 11) is 0. The van der Waals surface area contributed by atoms with Gasteiger partial charge in [-0.25, -0.2) is 9.18 Å². The molecule has 7 heteroatoms. The number of ether oxygens (including phenoxy) is 1. The van der Waals surface area contributed by atoms with Crippen LogP contribution in [0, 0.1) is 5.82 Å². The van der Waals surface area contributed by atoms with Crippen LogP contribution in [0.15, 0.2) is 72.8 Å². The molecule has 3 aromatic carbocycles. The minimum absolute atomic E-state index is 0.187. The maximum atomic E-state index is 13.0. The molecule has 2 amide bonds. The van der Waals surface area contributed by atoms with Crippen LogP contribution in [0.4, 0.5) is 14.9 Å². The van der Waals surface area contributed by atoms with Gasteiger partial charge in [-0.05, 0) is 72.8 Å². The highest BCUT2D eigenvalue weighted by Crippen LogP contribution is 2.17. The number of amides is 2. The first-order valence-electron chi connectivity index (χ1n) is 8.65. The Hall–Kier alpha value is -4.00. The molecule has 29 heavy (non-hydrogen) atoms. The van der Waals surface area contributed by atoms with Crippen molar-refractivity contribution in [2.45, 2.75) is 0 Å². The van der Waals surface area contributed by atoms with E-state index in [1.54, 1.807) is 48.5 Å². The fraction of sp³-hybridized carbons (Fsp3) is 0.0455. The average molecular weight is 392 g/mol. The van der Waals surface area contributed by atoms with Crippen molar-refractivity contribution in [3.05, 3.63) is 95.3 Å². The lowest BCUT2D eigenvalue weighted by Crippen LogP contribution is -2.19. The van der Waals surface area contributed by atoms with E-state index in [0.717, 1.165) is 0 Å². The molecule has 0 saturated heterocycles. The zero-order chi connectivity index (χ0) is 20.8. The van der Waals surface area contributed by atoms with Crippen LogP contribution >= 0.6 is 0 Å². The molecule has 0 aliphatic heterocycles. The van der Waals surface area contributed by atoms with Gasteiger partial charge in [0.15, 0.2) is 18.2 Å².